The molecule has 0 atom stereocenters. The number of hydrogen-bond acceptors (Lipinski definition) is 3. The third-order valence-electron chi connectivity index (χ3n) is 4.88. The number of carbonyl (C=O) groups is 2. The second kappa shape index (κ2) is 10.1. The van der Waals surface area contributed by atoms with E-state index in [0.717, 1.165) is 14.0 Å². The lowest BCUT2D eigenvalue weighted by Crippen LogP contribution is -2.30. The van der Waals surface area contributed by atoms with Gasteiger partial charge in [0.15, 0.2) is 5.75 Å². The maximum Gasteiger partial charge on any atom is 0.329 e. The first-order valence-corrected chi connectivity index (χ1v) is 11.6. The lowest BCUT2D eigenvalue weighted by molar-refractivity contribution is -0.123. The number of amides is 3. The minimum absolute atomic E-state index is 0.0380. The first-order valence-electron chi connectivity index (χ1n) is 9.76. The highest BCUT2D eigenvalue weighted by molar-refractivity contribution is 14.1. The lowest BCUT2D eigenvalue weighted by Gasteiger charge is -2.12. The summed E-state index contributed by atoms with van der Waals surface area (Å²) in [6.07, 6.45) is 1.46. The number of ether oxygens (including phenoxy) is 1. The second-order valence-electron chi connectivity index (χ2n) is 7.20. The van der Waals surface area contributed by atoms with Crippen molar-refractivity contribution < 1.29 is 18.7 Å². The zero-order valence-corrected chi connectivity index (χ0v) is 20.6. The predicted octanol–water partition coefficient (Wildman–Crippen LogP) is 6.41. The number of carbonyl (C=O) groups excluding carboxylic acids is 2. The largest absolute Gasteiger partial charge is 0.486 e. The van der Waals surface area contributed by atoms with Gasteiger partial charge in [0.1, 0.15) is 18.1 Å². The molecule has 1 aliphatic rings. The number of urea groups is 1. The van der Waals surface area contributed by atoms with Crippen LogP contribution in [0.1, 0.15) is 16.7 Å². The molecule has 3 amide bonds. The number of rotatable bonds is 6. The summed E-state index contributed by atoms with van der Waals surface area (Å²) in [5.74, 6) is -0.744. The van der Waals surface area contributed by atoms with E-state index < -0.39 is 17.8 Å². The normalized spacial score (nSPS) is 14.7. The minimum atomic E-state index is -0.635. The van der Waals surface area contributed by atoms with E-state index in [-0.39, 0.29) is 34.5 Å². The van der Waals surface area contributed by atoms with Gasteiger partial charge in [-0.15, -0.1) is 0 Å². The van der Waals surface area contributed by atoms with Crippen LogP contribution in [0.25, 0.3) is 6.08 Å². The standard InChI is InChI=1S/C24H16Cl2FIN2O3/c25-18-9-15(10-19(26)22(18)33-13-14-5-7-17(28)8-6-14)11-21-23(31)30(24(32)29-21)12-16-3-1-2-4-20(16)27/h1-11H,12-13H2,(H,29,32)/b21-11+. The summed E-state index contributed by atoms with van der Waals surface area (Å²) in [6.45, 7) is 0.109. The van der Waals surface area contributed by atoms with Crippen molar-refractivity contribution in [2.75, 3.05) is 0 Å². The van der Waals surface area contributed by atoms with Gasteiger partial charge in [-0.1, -0.05) is 53.5 Å². The molecule has 33 heavy (non-hydrogen) atoms. The average molecular weight is 597 g/mol. The quantitative estimate of drug-likeness (QED) is 0.203. The summed E-state index contributed by atoms with van der Waals surface area (Å²) in [5.41, 5.74) is 1.74. The fourth-order valence-electron chi connectivity index (χ4n) is 3.22. The zero-order valence-electron chi connectivity index (χ0n) is 16.9. The van der Waals surface area contributed by atoms with E-state index in [1.807, 2.05) is 24.3 Å². The van der Waals surface area contributed by atoms with Gasteiger partial charge in [-0.05, 0) is 70.1 Å². The van der Waals surface area contributed by atoms with E-state index in [4.69, 9.17) is 27.9 Å². The maximum atomic E-state index is 13.9. The molecule has 0 aromatic heterocycles. The molecule has 4 rings (SSSR count). The molecule has 1 saturated heterocycles. The Kier molecular flexibility index (Phi) is 7.21. The zero-order chi connectivity index (χ0) is 23.5. The van der Waals surface area contributed by atoms with Crippen LogP contribution in [-0.4, -0.2) is 16.8 Å². The highest BCUT2D eigenvalue weighted by Gasteiger charge is 2.34. The first kappa shape index (κ1) is 23.5. The Morgan fingerprint density at radius 3 is 2.36 bits per heavy atom. The average Bonchev–Trinajstić information content (AvgIpc) is 3.03. The van der Waals surface area contributed by atoms with Gasteiger partial charge in [-0.3, -0.25) is 9.69 Å². The van der Waals surface area contributed by atoms with Gasteiger partial charge in [-0.25, -0.2) is 9.18 Å². The van der Waals surface area contributed by atoms with Gasteiger partial charge < -0.3 is 10.1 Å². The van der Waals surface area contributed by atoms with Crippen LogP contribution < -0.4 is 10.1 Å². The van der Waals surface area contributed by atoms with Gasteiger partial charge in [-0.2, -0.15) is 0 Å². The topological polar surface area (TPSA) is 58.6 Å². The van der Waals surface area contributed by atoms with Gasteiger partial charge in [0.05, 0.1) is 16.6 Å². The summed E-state index contributed by atoms with van der Waals surface area (Å²) < 4.78 is 20.8. The molecule has 168 valence electrons. The smallest absolute Gasteiger partial charge is 0.329 e. The van der Waals surface area contributed by atoms with Gasteiger partial charge >= 0.3 is 6.03 Å². The summed E-state index contributed by atoms with van der Waals surface area (Å²) in [7, 11) is 0. The van der Waals surface area contributed by atoms with Crippen molar-refractivity contribution in [3.05, 3.63) is 102 Å². The number of nitrogens with one attached hydrogen (secondary N) is 1. The number of halogens is 4. The minimum Gasteiger partial charge on any atom is -0.486 e. The van der Waals surface area contributed by atoms with Crippen LogP contribution in [0.4, 0.5) is 9.18 Å². The van der Waals surface area contributed by atoms with Crippen molar-refractivity contribution >= 4 is 63.8 Å². The molecular formula is C24H16Cl2FIN2O3. The van der Waals surface area contributed by atoms with Crippen molar-refractivity contribution in [3.63, 3.8) is 0 Å². The molecular weight excluding hydrogens is 581 g/mol. The molecule has 0 bridgehead atoms. The van der Waals surface area contributed by atoms with Crippen LogP contribution in [0, 0.1) is 9.39 Å². The Hall–Kier alpha value is -2.62. The Labute approximate surface area is 213 Å². The van der Waals surface area contributed by atoms with E-state index in [1.54, 1.807) is 18.2 Å². The molecule has 3 aromatic rings. The molecule has 1 aliphatic heterocycles. The van der Waals surface area contributed by atoms with E-state index in [1.165, 1.54) is 24.3 Å². The molecule has 0 radical (unpaired) electrons. The monoisotopic (exact) mass is 596 g/mol. The fraction of sp³-hybridized carbons (Fsp3) is 0.0833. The summed E-state index contributed by atoms with van der Waals surface area (Å²) in [6, 6.07) is 16.4. The number of nitrogens with zero attached hydrogens (tertiary/aromatic N) is 1. The van der Waals surface area contributed by atoms with E-state index in [9.17, 15) is 14.0 Å². The molecule has 1 heterocycles. The summed E-state index contributed by atoms with van der Waals surface area (Å²) in [4.78, 5) is 25.9. The Balaban J connectivity index is 1.50. The summed E-state index contributed by atoms with van der Waals surface area (Å²) in [5, 5.41) is 3.03. The van der Waals surface area contributed by atoms with Crippen molar-refractivity contribution in [1.29, 1.82) is 0 Å². The molecule has 0 aliphatic carbocycles. The predicted molar refractivity (Wildman–Crippen MR) is 133 cm³/mol. The Morgan fingerprint density at radius 2 is 1.70 bits per heavy atom. The molecule has 0 spiro atoms. The second-order valence-corrected chi connectivity index (χ2v) is 9.26. The highest BCUT2D eigenvalue weighted by Crippen LogP contribution is 2.35. The van der Waals surface area contributed by atoms with Crippen LogP contribution in [0.2, 0.25) is 10.0 Å². The molecule has 3 aromatic carbocycles. The van der Waals surface area contributed by atoms with Crippen molar-refractivity contribution in [2.45, 2.75) is 13.2 Å². The van der Waals surface area contributed by atoms with Crippen LogP contribution >= 0.6 is 45.8 Å². The van der Waals surface area contributed by atoms with Gasteiger partial charge in [0, 0.05) is 9.13 Å². The van der Waals surface area contributed by atoms with Crippen LogP contribution in [0.3, 0.4) is 0 Å². The van der Waals surface area contributed by atoms with E-state index in [2.05, 4.69) is 27.9 Å². The molecule has 1 N–H and O–H groups in total. The van der Waals surface area contributed by atoms with Crippen molar-refractivity contribution in [3.8, 4) is 5.75 Å². The third kappa shape index (κ3) is 5.48. The van der Waals surface area contributed by atoms with Crippen molar-refractivity contribution in [1.82, 2.24) is 10.2 Å². The molecule has 5 nitrogen and oxygen atoms in total. The lowest BCUT2D eigenvalue weighted by atomic mass is 10.1. The molecule has 0 saturated carbocycles. The first-order chi connectivity index (χ1) is 15.8. The van der Waals surface area contributed by atoms with Gasteiger partial charge in [0.2, 0.25) is 0 Å². The van der Waals surface area contributed by atoms with Crippen LogP contribution in [0.5, 0.6) is 5.75 Å². The Bertz CT molecular complexity index is 1240. The maximum absolute atomic E-state index is 13.9. The molecule has 9 heteroatoms. The SMILES string of the molecule is O=C1N/C(=C/c2cc(Cl)c(OCc3ccc(I)cc3)c(Cl)c2)C(=O)N1Cc1ccccc1F. The summed E-state index contributed by atoms with van der Waals surface area (Å²) >= 11 is 15.0. The number of benzene rings is 3. The number of hydrogen-bond donors (Lipinski definition) is 1. The highest BCUT2D eigenvalue weighted by atomic mass is 127. The molecule has 1 fully saturated rings. The Morgan fingerprint density at radius 1 is 1.03 bits per heavy atom. The fourth-order valence-corrected chi connectivity index (χ4v) is 4.19. The third-order valence-corrected chi connectivity index (χ3v) is 6.16. The van der Waals surface area contributed by atoms with E-state index >= 15 is 0 Å². The molecule has 0 unspecified atom stereocenters. The number of imide groups is 1. The van der Waals surface area contributed by atoms with Gasteiger partial charge in [0.25, 0.3) is 5.91 Å². The van der Waals surface area contributed by atoms with Crippen LogP contribution in [-0.2, 0) is 17.9 Å². The van der Waals surface area contributed by atoms with Crippen molar-refractivity contribution in [2.24, 2.45) is 0 Å². The van der Waals surface area contributed by atoms with E-state index in [0.29, 0.717) is 11.3 Å². The van der Waals surface area contributed by atoms with Crippen LogP contribution in [0.15, 0.2) is 66.4 Å².